The summed E-state index contributed by atoms with van der Waals surface area (Å²) in [5, 5.41) is 9.53. The van der Waals surface area contributed by atoms with Crippen LogP contribution in [0.15, 0.2) is 6.20 Å². The normalized spacial score (nSPS) is 11.0. The number of hydrogen-bond acceptors (Lipinski definition) is 2. The zero-order chi connectivity index (χ0) is 10.7. The van der Waals surface area contributed by atoms with Crippen LogP contribution in [-0.4, -0.2) is 10.1 Å². The molecule has 6 heteroatoms. The summed E-state index contributed by atoms with van der Waals surface area (Å²) in [6, 6.07) is 0. The van der Waals surface area contributed by atoms with Crippen molar-refractivity contribution >= 4 is 38.5 Å². The van der Waals surface area contributed by atoms with Gasteiger partial charge in [-0.25, -0.2) is 8.78 Å². The number of nitrogens with zero attached hydrogens (tertiary/aromatic N) is 1. The van der Waals surface area contributed by atoms with Gasteiger partial charge in [-0.05, 0) is 33.7 Å². The summed E-state index contributed by atoms with van der Waals surface area (Å²) < 4.78 is 25.2. The van der Waals surface area contributed by atoms with Gasteiger partial charge in [0.15, 0.2) is 0 Å². The first-order chi connectivity index (χ1) is 6.61. The Morgan fingerprint density at radius 2 is 2.21 bits per heavy atom. The highest BCUT2D eigenvalue weighted by Gasteiger charge is 2.17. The molecule has 0 atom stereocenters. The van der Waals surface area contributed by atoms with E-state index in [4.69, 9.17) is 5.11 Å². The molecular formula is C8H7BrF2INO. The maximum atomic E-state index is 12.4. The molecule has 0 amide bonds. The number of aliphatic hydroxyl groups excluding tert-OH is 1. The Labute approximate surface area is 102 Å². The van der Waals surface area contributed by atoms with E-state index in [9.17, 15) is 8.78 Å². The number of rotatable bonds is 3. The van der Waals surface area contributed by atoms with Crippen molar-refractivity contribution in [3.8, 4) is 0 Å². The Kier molecular flexibility index (Phi) is 4.65. The van der Waals surface area contributed by atoms with E-state index in [1.165, 1.54) is 6.20 Å². The summed E-state index contributed by atoms with van der Waals surface area (Å²) in [4.78, 5) is 3.66. The molecule has 0 aliphatic heterocycles. The third-order valence-electron chi connectivity index (χ3n) is 1.75. The molecule has 1 rings (SSSR count). The van der Waals surface area contributed by atoms with Crippen molar-refractivity contribution in [2.45, 2.75) is 18.4 Å². The van der Waals surface area contributed by atoms with E-state index in [1.54, 1.807) is 22.6 Å². The zero-order valence-electron chi connectivity index (χ0n) is 6.98. The predicted molar refractivity (Wildman–Crippen MR) is 60.5 cm³/mol. The molecule has 0 unspecified atom stereocenters. The second kappa shape index (κ2) is 5.32. The van der Waals surface area contributed by atoms with Crippen molar-refractivity contribution < 1.29 is 13.9 Å². The lowest BCUT2D eigenvalue weighted by atomic mass is 10.1. The van der Waals surface area contributed by atoms with Gasteiger partial charge in [0.05, 0.1) is 6.61 Å². The fourth-order valence-corrected chi connectivity index (χ4v) is 2.39. The minimum Gasteiger partial charge on any atom is -0.392 e. The monoisotopic (exact) mass is 377 g/mol. The van der Waals surface area contributed by atoms with E-state index in [1.807, 2.05) is 0 Å². The standard InChI is InChI=1S/C8H7BrF2INO/c9-1-4-2-13-7(8(10)11)6(12)5(4)3-14/h2,8,14H,1,3H2. The Morgan fingerprint density at radius 3 is 2.64 bits per heavy atom. The smallest absolute Gasteiger partial charge is 0.281 e. The lowest BCUT2D eigenvalue weighted by molar-refractivity contribution is 0.144. The van der Waals surface area contributed by atoms with Crippen LogP contribution in [0.25, 0.3) is 0 Å². The van der Waals surface area contributed by atoms with Gasteiger partial charge in [0.1, 0.15) is 5.69 Å². The van der Waals surface area contributed by atoms with Crippen LogP contribution in [0.4, 0.5) is 8.78 Å². The van der Waals surface area contributed by atoms with Crippen molar-refractivity contribution in [1.82, 2.24) is 4.98 Å². The van der Waals surface area contributed by atoms with Crippen molar-refractivity contribution in [2.75, 3.05) is 0 Å². The Bertz CT molecular complexity index is 335. The van der Waals surface area contributed by atoms with Crippen molar-refractivity contribution in [3.05, 3.63) is 26.6 Å². The first-order valence-corrected chi connectivity index (χ1v) is 5.93. The van der Waals surface area contributed by atoms with Crippen molar-refractivity contribution in [2.24, 2.45) is 0 Å². The minimum atomic E-state index is -2.60. The molecule has 2 nitrogen and oxygen atoms in total. The first kappa shape index (κ1) is 12.3. The summed E-state index contributed by atoms with van der Waals surface area (Å²) in [5.41, 5.74) is 0.994. The number of halogens is 4. The van der Waals surface area contributed by atoms with Gasteiger partial charge < -0.3 is 5.11 Å². The Hall–Kier alpha value is 0.180. The van der Waals surface area contributed by atoms with Crippen LogP contribution in [0.3, 0.4) is 0 Å². The van der Waals surface area contributed by atoms with Gasteiger partial charge in [-0.2, -0.15) is 0 Å². The van der Waals surface area contributed by atoms with Gasteiger partial charge in [-0.3, -0.25) is 4.98 Å². The molecule has 1 aromatic heterocycles. The van der Waals surface area contributed by atoms with Gasteiger partial charge in [0.2, 0.25) is 0 Å². The van der Waals surface area contributed by atoms with Crippen molar-refractivity contribution in [3.63, 3.8) is 0 Å². The number of hydrogen-bond donors (Lipinski definition) is 1. The molecule has 0 aliphatic carbocycles. The fraction of sp³-hybridized carbons (Fsp3) is 0.375. The van der Waals surface area contributed by atoms with E-state index in [0.29, 0.717) is 14.5 Å². The lowest BCUT2D eigenvalue weighted by Crippen LogP contribution is -2.03. The van der Waals surface area contributed by atoms with Crippen LogP contribution in [0.1, 0.15) is 23.2 Å². The second-order valence-electron chi connectivity index (χ2n) is 2.55. The van der Waals surface area contributed by atoms with Gasteiger partial charge >= 0.3 is 0 Å². The molecule has 1 heterocycles. The molecular weight excluding hydrogens is 371 g/mol. The fourth-order valence-electron chi connectivity index (χ4n) is 1.02. The quantitative estimate of drug-likeness (QED) is 0.648. The van der Waals surface area contributed by atoms with Crippen LogP contribution in [0.2, 0.25) is 0 Å². The molecule has 0 spiro atoms. The molecule has 0 saturated carbocycles. The van der Waals surface area contributed by atoms with Gasteiger partial charge in [-0.1, -0.05) is 15.9 Å². The highest BCUT2D eigenvalue weighted by molar-refractivity contribution is 14.1. The molecule has 78 valence electrons. The third-order valence-corrected chi connectivity index (χ3v) is 3.55. The predicted octanol–water partition coefficient (Wildman–Crippen LogP) is 3.01. The van der Waals surface area contributed by atoms with E-state index >= 15 is 0 Å². The summed E-state index contributed by atoms with van der Waals surface area (Å²) >= 11 is 4.98. The molecule has 0 aliphatic rings. The van der Waals surface area contributed by atoms with E-state index in [-0.39, 0.29) is 12.3 Å². The van der Waals surface area contributed by atoms with Gasteiger partial charge in [0.25, 0.3) is 6.43 Å². The van der Waals surface area contributed by atoms with E-state index in [2.05, 4.69) is 20.9 Å². The number of aromatic nitrogens is 1. The molecule has 0 bridgehead atoms. The summed E-state index contributed by atoms with van der Waals surface area (Å²) in [7, 11) is 0. The first-order valence-electron chi connectivity index (χ1n) is 3.73. The maximum Gasteiger partial charge on any atom is 0.281 e. The second-order valence-corrected chi connectivity index (χ2v) is 4.19. The minimum absolute atomic E-state index is 0.249. The average Bonchev–Trinajstić information content (AvgIpc) is 2.16. The lowest BCUT2D eigenvalue weighted by Gasteiger charge is -2.10. The van der Waals surface area contributed by atoms with Gasteiger partial charge in [0, 0.05) is 15.1 Å². The molecule has 0 radical (unpaired) electrons. The molecule has 0 fully saturated rings. The average molecular weight is 378 g/mol. The van der Waals surface area contributed by atoms with Crippen LogP contribution in [-0.2, 0) is 11.9 Å². The van der Waals surface area contributed by atoms with Gasteiger partial charge in [-0.15, -0.1) is 0 Å². The Morgan fingerprint density at radius 1 is 1.57 bits per heavy atom. The summed E-state index contributed by atoms with van der Waals surface area (Å²) in [6.07, 6.45) is -1.24. The molecule has 1 aromatic rings. The zero-order valence-corrected chi connectivity index (χ0v) is 10.7. The van der Waals surface area contributed by atoms with Crippen LogP contribution in [0.5, 0.6) is 0 Å². The third kappa shape index (κ3) is 2.40. The van der Waals surface area contributed by atoms with E-state index in [0.717, 1.165) is 5.56 Å². The SMILES string of the molecule is OCc1c(CBr)cnc(C(F)F)c1I. The summed E-state index contributed by atoms with van der Waals surface area (Å²) in [5.74, 6) is 0. The largest absolute Gasteiger partial charge is 0.392 e. The van der Waals surface area contributed by atoms with E-state index < -0.39 is 6.43 Å². The van der Waals surface area contributed by atoms with Crippen molar-refractivity contribution in [1.29, 1.82) is 0 Å². The van der Waals surface area contributed by atoms with Crippen LogP contribution < -0.4 is 0 Å². The highest BCUT2D eigenvalue weighted by atomic mass is 127. The number of alkyl halides is 3. The molecule has 0 saturated heterocycles. The number of aliphatic hydroxyl groups is 1. The van der Waals surface area contributed by atoms with Crippen LogP contribution >= 0.6 is 38.5 Å². The topological polar surface area (TPSA) is 33.1 Å². The molecule has 14 heavy (non-hydrogen) atoms. The van der Waals surface area contributed by atoms with Crippen LogP contribution in [0, 0.1) is 3.57 Å². The Balaban J connectivity index is 3.27. The summed E-state index contributed by atoms with van der Waals surface area (Å²) in [6.45, 7) is -0.249. The number of pyridine rings is 1. The maximum absolute atomic E-state index is 12.4. The molecule has 0 aromatic carbocycles. The molecule has 1 N–H and O–H groups in total. The highest BCUT2D eigenvalue weighted by Crippen LogP contribution is 2.27.